The smallest absolute Gasteiger partial charge is 0.223 e. The van der Waals surface area contributed by atoms with Crippen LogP contribution in [0.15, 0.2) is 12.7 Å². The molecule has 0 aromatic rings. The lowest BCUT2D eigenvalue weighted by molar-refractivity contribution is -0.171. The standard InChI is InChI=1S/C4H8O4S/c1-3-4-9(5,6)8-7-2/h3H,1,4H2,2H3. The van der Waals surface area contributed by atoms with E-state index < -0.39 is 10.1 Å². The van der Waals surface area contributed by atoms with Gasteiger partial charge in [0, 0.05) is 0 Å². The summed E-state index contributed by atoms with van der Waals surface area (Å²) in [4.78, 5) is 3.92. The molecule has 0 N–H and O–H groups in total. The van der Waals surface area contributed by atoms with Crippen molar-refractivity contribution < 1.29 is 17.6 Å². The van der Waals surface area contributed by atoms with Crippen LogP contribution < -0.4 is 0 Å². The van der Waals surface area contributed by atoms with Gasteiger partial charge in [0.05, 0.1) is 12.9 Å². The van der Waals surface area contributed by atoms with E-state index in [-0.39, 0.29) is 5.75 Å². The van der Waals surface area contributed by atoms with Gasteiger partial charge in [-0.2, -0.15) is 8.42 Å². The predicted molar refractivity (Wildman–Crippen MR) is 32.1 cm³/mol. The molecule has 0 unspecified atom stereocenters. The van der Waals surface area contributed by atoms with E-state index in [0.717, 1.165) is 7.11 Å². The maximum Gasteiger partial charge on any atom is 0.297 e. The summed E-state index contributed by atoms with van der Waals surface area (Å²) >= 11 is 0. The molecule has 0 aliphatic rings. The molecule has 0 radical (unpaired) electrons. The van der Waals surface area contributed by atoms with E-state index >= 15 is 0 Å². The van der Waals surface area contributed by atoms with Gasteiger partial charge in [0.2, 0.25) is 0 Å². The highest BCUT2D eigenvalue weighted by atomic mass is 32.2. The van der Waals surface area contributed by atoms with Crippen molar-refractivity contribution in [2.24, 2.45) is 0 Å². The molecule has 0 fully saturated rings. The van der Waals surface area contributed by atoms with Gasteiger partial charge in [-0.25, -0.2) is 4.89 Å². The van der Waals surface area contributed by atoms with Gasteiger partial charge in [-0.3, -0.25) is 0 Å². The fourth-order valence-electron chi connectivity index (χ4n) is 0.276. The average molecular weight is 152 g/mol. The van der Waals surface area contributed by atoms with Gasteiger partial charge < -0.3 is 0 Å². The van der Waals surface area contributed by atoms with Crippen molar-refractivity contribution in [2.45, 2.75) is 0 Å². The average Bonchev–Trinajstić information content (AvgIpc) is 1.64. The largest absolute Gasteiger partial charge is 0.297 e. The molecule has 0 aliphatic carbocycles. The van der Waals surface area contributed by atoms with Crippen LogP contribution in [0, 0.1) is 0 Å². The van der Waals surface area contributed by atoms with Gasteiger partial charge in [0.15, 0.2) is 0 Å². The Morgan fingerprint density at radius 3 is 2.56 bits per heavy atom. The van der Waals surface area contributed by atoms with Gasteiger partial charge in [-0.1, -0.05) is 6.08 Å². The fourth-order valence-corrected chi connectivity index (χ4v) is 0.827. The Labute approximate surface area is 54.1 Å². The van der Waals surface area contributed by atoms with E-state index in [1.54, 1.807) is 0 Å². The van der Waals surface area contributed by atoms with E-state index in [9.17, 15) is 8.42 Å². The van der Waals surface area contributed by atoms with Crippen molar-refractivity contribution in [1.29, 1.82) is 0 Å². The minimum Gasteiger partial charge on any atom is -0.223 e. The number of rotatable bonds is 4. The second-order valence-corrected chi connectivity index (χ2v) is 2.83. The predicted octanol–water partition coefficient (Wildman–Crippen LogP) is 0.0802. The van der Waals surface area contributed by atoms with E-state index in [4.69, 9.17) is 0 Å². The molecule has 0 amide bonds. The molecule has 9 heavy (non-hydrogen) atoms. The summed E-state index contributed by atoms with van der Waals surface area (Å²) in [6, 6.07) is 0. The Morgan fingerprint density at radius 2 is 2.22 bits per heavy atom. The zero-order valence-corrected chi connectivity index (χ0v) is 5.85. The molecule has 0 spiro atoms. The summed E-state index contributed by atoms with van der Waals surface area (Å²) < 4.78 is 24.7. The van der Waals surface area contributed by atoms with E-state index in [0.29, 0.717) is 0 Å². The third kappa shape index (κ3) is 4.14. The molecular weight excluding hydrogens is 144 g/mol. The monoisotopic (exact) mass is 152 g/mol. The lowest BCUT2D eigenvalue weighted by Crippen LogP contribution is -2.07. The minimum absolute atomic E-state index is 0.235. The summed E-state index contributed by atoms with van der Waals surface area (Å²) in [5.41, 5.74) is 0. The maximum atomic E-state index is 10.4. The van der Waals surface area contributed by atoms with Crippen LogP contribution in [-0.2, 0) is 19.3 Å². The van der Waals surface area contributed by atoms with Gasteiger partial charge in [0.1, 0.15) is 0 Å². The Kier molecular flexibility index (Phi) is 3.44. The summed E-state index contributed by atoms with van der Waals surface area (Å²) in [7, 11) is -2.40. The molecule has 0 rings (SSSR count). The first-order valence-electron chi connectivity index (χ1n) is 2.18. The Hall–Kier alpha value is -0.390. The zero-order valence-electron chi connectivity index (χ0n) is 5.03. The number of hydrogen-bond donors (Lipinski definition) is 0. The van der Waals surface area contributed by atoms with Crippen LogP contribution >= 0.6 is 0 Å². The highest BCUT2D eigenvalue weighted by Crippen LogP contribution is 1.91. The fraction of sp³-hybridized carbons (Fsp3) is 0.500. The van der Waals surface area contributed by atoms with Gasteiger partial charge >= 0.3 is 0 Å². The van der Waals surface area contributed by atoms with Crippen LogP contribution in [0.2, 0.25) is 0 Å². The first kappa shape index (κ1) is 8.61. The summed E-state index contributed by atoms with van der Waals surface area (Å²) in [5, 5.41) is 0. The van der Waals surface area contributed by atoms with E-state index in [1.807, 2.05) is 0 Å². The lowest BCUT2D eigenvalue weighted by atomic mass is 10.8. The molecule has 0 aromatic carbocycles. The molecule has 5 heteroatoms. The molecule has 0 saturated heterocycles. The Balaban J connectivity index is 3.88. The van der Waals surface area contributed by atoms with Crippen LogP contribution in [0.3, 0.4) is 0 Å². The molecule has 0 bridgehead atoms. The number of hydrogen-bond acceptors (Lipinski definition) is 4. The third-order valence-electron chi connectivity index (χ3n) is 0.494. The minimum atomic E-state index is -3.52. The van der Waals surface area contributed by atoms with Crippen molar-refractivity contribution in [3.63, 3.8) is 0 Å². The highest BCUT2D eigenvalue weighted by molar-refractivity contribution is 7.86. The van der Waals surface area contributed by atoms with Crippen molar-refractivity contribution in [3.05, 3.63) is 12.7 Å². The van der Waals surface area contributed by atoms with Crippen molar-refractivity contribution in [2.75, 3.05) is 12.9 Å². The van der Waals surface area contributed by atoms with Crippen LogP contribution in [0.1, 0.15) is 0 Å². The Morgan fingerprint density at radius 1 is 1.67 bits per heavy atom. The summed E-state index contributed by atoms with van der Waals surface area (Å²) in [6.07, 6.45) is 1.22. The molecule has 0 heterocycles. The van der Waals surface area contributed by atoms with Crippen LogP contribution in [-0.4, -0.2) is 21.3 Å². The van der Waals surface area contributed by atoms with Gasteiger partial charge in [0.25, 0.3) is 10.1 Å². The normalized spacial score (nSPS) is 11.2. The zero-order chi connectivity index (χ0) is 7.33. The first-order valence-corrected chi connectivity index (χ1v) is 3.76. The highest BCUT2D eigenvalue weighted by Gasteiger charge is 2.06. The molecule has 0 aliphatic heterocycles. The first-order chi connectivity index (χ1) is 4.12. The molecule has 0 aromatic heterocycles. The maximum absolute atomic E-state index is 10.4. The van der Waals surface area contributed by atoms with Crippen molar-refractivity contribution in [3.8, 4) is 0 Å². The Bertz CT molecular complexity index is 169. The molecule has 4 nitrogen and oxygen atoms in total. The SMILES string of the molecule is C=CCS(=O)(=O)OOC. The van der Waals surface area contributed by atoms with E-state index in [2.05, 4.69) is 15.8 Å². The van der Waals surface area contributed by atoms with Crippen LogP contribution in [0.25, 0.3) is 0 Å². The second kappa shape index (κ2) is 3.60. The molecule has 0 atom stereocenters. The summed E-state index contributed by atoms with van der Waals surface area (Å²) in [6.45, 7) is 3.21. The quantitative estimate of drug-likeness (QED) is 0.325. The van der Waals surface area contributed by atoms with E-state index in [1.165, 1.54) is 6.08 Å². The molecule has 0 saturated carbocycles. The van der Waals surface area contributed by atoms with Gasteiger partial charge in [-0.15, -0.1) is 10.9 Å². The van der Waals surface area contributed by atoms with Crippen molar-refractivity contribution in [1.82, 2.24) is 0 Å². The summed E-state index contributed by atoms with van der Waals surface area (Å²) in [5.74, 6) is -0.235. The van der Waals surface area contributed by atoms with Gasteiger partial charge in [-0.05, 0) is 0 Å². The lowest BCUT2D eigenvalue weighted by Gasteiger charge is -1.95. The third-order valence-corrected chi connectivity index (χ3v) is 1.48. The molecular formula is C4H8O4S. The second-order valence-electron chi connectivity index (χ2n) is 1.25. The van der Waals surface area contributed by atoms with Crippen LogP contribution in [0.4, 0.5) is 0 Å². The van der Waals surface area contributed by atoms with Crippen molar-refractivity contribution >= 4 is 10.1 Å². The molecule has 54 valence electrons. The van der Waals surface area contributed by atoms with Crippen LogP contribution in [0.5, 0.6) is 0 Å². The topological polar surface area (TPSA) is 52.6 Å².